The first-order valence-electron chi connectivity index (χ1n) is 11.2. The molecule has 182 valence electrons. The minimum absolute atomic E-state index is 0.212. The van der Waals surface area contributed by atoms with E-state index in [4.69, 9.17) is 15.6 Å². The van der Waals surface area contributed by atoms with Gasteiger partial charge in [0.05, 0.1) is 0 Å². The number of phenols is 1. The fourth-order valence-corrected chi connectivity index (χ4v) is 2.56. The van der Waals surface area contributed by atoms with Crippen molar-refractivity contribution in [3.8, 4) is 17.2 Å². The lowest BCUT2D eigenvalue weighted by molar-refractivity contribution is 0.0600. The van der Waals surface area contributed by atoms with Crippen LogP contribution in [0.2, 0.25) is 0 Å². The van der Waals surface area contributed by atoms with Crippen LogP contribution in [0, 0.1) is 13.8 Å². The summed E-state index contributed by atoms with van der Waals surface area (Å²) in [5.41, 5.74) is 7.63. The molecule has 4 N–H and O–H groups in total. The number of phenolic OH excluding ortho intramolecular Hbond substituents is 1. The number of carbonyl (C=O) groups excluding carboxylic acids is 1. The summed E-state index contributed by atoms with van der Waals surface area (Å²) in [5.74, 6) is 1.78. The third-order valence-electron chi connectivity index (χ3n) is 3.61. The van der Waals surface area contributed by atoms with Crippen LogP contribution in [0.4, 0.5) is 4.79 Å². The average molecular weight is 450 g/mol. The normalized spacial score (nSPS) is 9.69. The number of amides is 1. The Morgan fingerprint density at radius 2 is 1.44 bits per heavy atom. The number of nitrogens with two attached hydrogens (primary N) is 1. The van der Waals surface area contributed by atoms with Gasteiger partial charge in [-0.25, -0.2) is 4.79 Å². The highest BCUT2D eigenvalue weighted by Gasteiger charge is 2.12. The number of aryl methyl sites for hydroxylation is 3. The highest BCUT2D eigenvalue weighted by molar-refractivity contribution is 5.65. The monoisotopic (exact) mass is 449 g/mol. The SMILES string of the molecule is CC.CC.CC(C)(C)OC(N)=O.Cc1cc(CCCO)cc(C)c1Oc1ccc(O)cc1. The van der Waals surface area contributed by atoms with Gasteiger partial charge in [0, 0.05) is 6.61 Å². The lowest BCUT2D eigenvalue weighted by Crippen LogP contribution is -2.27. The Kier molecular flexibility index (Phi) is 16.6. The largest absolute Gasteiger partial charge is 0.508 e. The number of hydrogen-bond donors (Lipinski definition) is 3. The Morgan fingerprint density at radius 1 is 0.969 bits per heavy atom. The van der Waals surface area contributed by atoms with Crippen molar-refractivity contribution in [3.05, 3.63) is 53.1 Å². The van der Waals surface area contributed by atoms with Crippen molar-refractivity contribution in [2.45, 2.75) is 80.8 Å². The zero-order valence-electron chi connectivity index (χ0n) is 21.3. The average Bonchev–Trinajstić information content (AvgIpc) is 2.72. The third kappa shape index (κ3) is 14.3. The Labute approximate surface area is 194 Å². The zero-order valence-corrected chi connectivity index (χ0v) is 21.3. The summed E-state index contributed by atoms with van der Waals surface area (Å²) in [7, 11) is 0. The number of rotatable bonds is 5. The molecule has 0 fully saturated rings. The summed E-state index contributed by atoms with van der Waals surface area (Å²) in [6.07, 6.45) is 0.923. The second-order valence-electron chi connectivity index (χ2n) is 7.52. The number of aliphatic hydroxyl groups is 1. The van der Waals surface area contributed by atoms with Gasteiger partial charge in [-0.05, 0) is 88.4 Å². The van der Waals surface area contributed by atoms with Crippen LogP contribution >= 0.6 is 0 Å². The van der Waals surface area contributed by atoms with Crippen LogP contribution < -0.4 is 10.5 Å². The molecule has 0 spiro atoms. The second kappa shape index (κ2) is 16.9. The molecule has 0 unspecified atom stereocenters. The molecular formula is C26H43NO5. The molecule has 2 rings (SSSR count). The molecule has 1 amide bonds. The van der Waals surface area contributed by atoms with E-state index in [1.807, 2.05) is 41.5 Å². The molecule has 0 aliphatic rings. The van der Waals surface area contributed by atoms with E-state index < -0.39 is 11.7 Å². The number of aromatic hydroxyl groups is 1. The number of ether oxygens (including phenoxy) is 2. The highest BCUT2D eigenvalue weighted by atomic mass is 16.6. The van der Waals surface area contributed by atoms with Crippen LogP contribution in [0.15, 0.2) is 36.4 Å². The van der Waals surface area contributed by atoms with Gasteiger partial charge in [-0.2, -0.15) is 0 Å². The van der Waals surface area contributed by atoms with Crippen molar-refractivity contribution < 1.29 is 24.5 Å². The molecule has 0 atom stereocenters. The molecule has 0 bridgehead atoms. The second-order valence-corrected chi connectivity index (χ2v) is 7.52. The van der Waals surface area contributed by atoms with Gasteiger partial charge in [-0.1, -0.05) is 39.8 Å². The maximum atomic E-state index is 10.0. The van der Waals surface area contributed by atoms with Gasteiger partial charge in [-0.15, -0.1) is 0 Å². The van der Waals surface area contributed by atoms with E-state index in [0.717, 1.165) is 29.7 Å². The molecule has 0 aromatic heterocycles. The van der Waals surface area contributed by atoms with E-state index in [2.05, 4.69) is 16.9 Å². The number of benzene rings is 2. The summed E-state index contributed by atoms with van der Waals surface area (Å²) < 4.78 is 10.5. The van der Waals surface area contributed by atoms with E-state index in [0.29, 0.717) is 5.75 Å². The summed E-state index contributed by atoms with van der Waals surface area (Å²) in [5, 5.41) is 18.2. The fourth-order valence-electron chi connectivity index (χ4n) is 2.56. The first-order valence-corrected chi connectivity index (χ1v) is 11.2. The lowest BCUT2D eigenvalue weighted by Gasteiger charge is -2.16. The quantitative estimate of drug-likeness (QED) is 0.474. The smallest absolute Gasteiger partial charge is 0.405 e. The zero-order chi connectivity index (χ0) is 25.3. The van der Waals surface area contributed by atoms with Gasteiger partial charge in [-0.3, -0.25) is 0 Å². The van der Waals surface area contributed by atoms with E-state index in [1.54, 1.807) is 45.0 Å². The molecule has 2 aromatic carbocycles. The fraction of sp³-hybridized carbons (Fsp3) is 0.500. The number of hydrogen-bond acceptors (Lipinski definition) is 5. The molecule has 6 nitrogen and oxygen atoms in total. The molecule has 0 radical (unpaired) electrons. The predicted octanol–water partition coefficient (Wildman–Crippen LogP) is 6.66. The summed E-state index contributed by atoms with van der Waals surface area (Å²) in [6, 6.07) is 10.9. The Hall–Kier alpha value is -2.73. The standard InChI is InChI=1S/C17H20O3.C5H11NO2.2C2H6/c1-12-10-14(4-3-9-18)11-13(2)17(12)20-16-7-5-15(19)6-8-16;1-5(2,3)8-4(6)7;2*1-2/h5-8,10-11,18-19H,3-4,9H2,1-2H3;1-3H3,(H2,6,7);2*1-2H3. The summed E-state index contributed by atoms with van der Waals surface area (Å²) in [6.45, 7) is 17.5. The third-order valence-corrected chi connectivity index (χ3v) is 3.61. The maximum absolute atomic E-state index is 10.0. The molecule has 32 heavy (non-hydrogen) atoms. The molecule has 0 aliphatic heterocycles. The van der Waals surface area contributed by atoms with Crippen molar-refractivity contribution in [2.24, 2.45) is 5.73 Å². The van der Waals surface area contributed by atoms with Crippen molar-refractivity contribution >= 4 is 6.09 Å². The van der Waals surface area contributed by atoms with Crippen molar-refractivity contribution in [3.63, 3.8) is 0 Å². The number of primary amides is 1. The van der Waals surface area contributed by atoms with E-state index in [1.165, 1.54) is 5.56 Å². The van der Waals surface area contributed by atoms with Crippen LogP contribution in [0.1, 0.15) is 71.6 Å². The van der Waals surface area contributed by atoms with Crippen LogP contribution in [0.5, 0.6) is 17.2 Å². The van der Waals surface area contributed by atoms with E-state index >= 15 is 0 Å². The number of carbonyl (C=O) groups is 1. The first-order chi connectivity index (χ1) is 15.0. The molecule has 0 saturated heterocycles. The Morgan fingerprint density at radius 3 is 1.78 bits per heavy atom. The molecule has 0 heterocycles. The topological polar surface area (TPSA) is 102 Å². The van der Waals surface area contributed by atoms with Gasteiger partial charge in [0.2, 0.25) is 0 Å². The van der Waals surface area contributed by atoms with Gasteiger partial charge in [0.25, 0.3) is 0 Å². The van der Waals surface area contributed by atoms with Gasteiger partial charge < -0.3 is 25.4 Å². The Balaban J connectivity index is 0. The number of aliphatic hydroxyl groups excluding tert-OH is 1. The first kappa shape index (κ1) is 31.5. The van der Waals surface area contributed by atoms with Crippen molar-refractivity contribution in [1.82, 2.24) is 0 Å². The van der Waals surface area contributed by atoms with Crippen LogP contribution in [0.25, 0.3) is 0 Å². The van der Waals surface area contributed by atoms with Crippen molar-refractivity contribution in [1.29, 1.82) is 0 Å². The molecule has 6 heteroatoms. The summed E-state index contributed by atoms with van der Waals surface area (Å²) in [4.78, 5) is 10.0. The van der Waals surface area contributed by atoms with Crippen LogP contribution in [-0.4, -0.2) is 28.5 Å². The molecule has 0 saturated carbocycles. The summed E-state index contributed by atoms with van der Waals surface area (Å²) >= 11 is 0. The van der Waals surface area contributed by atoms with Gasteiger partial charge in [0.15, 0.2) is 0 Å². The molecular weight excluding hydrogens is 406 g/mol. The van der Waals surface area contributed by atoms with E-state index in [9.17, 15) is 9.90 Å². The van der Waals surface area contributed by atoms with Gasteiger partial charge >= 0.3 is 6.09 Å². The van der Waals surface area contributed by atoms with Crippen LogP contribution in [0.3, 0.4) is 0 Å². The van der Waals surface area contributed by atoms with E-state index in [-0.39, 0.29) is 12.4 Å². The van der Waals surface area contributed by atoms with Gasteiger partial charge in [0.1, 0.15) is 22.8 Å². The highest BCUT2D eigenvalue weighted by Crippen LogP contribution is 2.30. The van der Waals surface area contributed by atoms with Crippen LogP contribution in [-0.2, 0) is 11.2 Å². The Bertz CT molecular complexity index is 742. The molecule has 2 aromatic rings. The maximum Gasteiger partial charge on any atom is 0.405 e. The van der Waals surface area contributed by atoms with Crippen molar-refractivity contribution in [2.75, 3.05) is 6.61 Å². The predicted molar refractivity (Wildman–Crippen MR) is 133 cm³/mol. The lowest BCUT2D eigenvalue weighted by atomic mass is 10.0. The minimum Gasteiger partial charge on any atom is -0.508 e. The minimum atomic E-state index is -0.725. The molecule has 0 aliphatic carbocycles.